The number of hydrogen-bond donors (Lipinski definition) is 0. The highest BCUT2D eigenvalue weighted by atomic mass is 16.7. The molecule has 0 radical (unpaired) electrons. The summed E-state index contributed by atoms with van der Waals surface area (Å²) in [4.78, 5) is 29.9. The monoisotopic (exact) mass is 348 g/mol. The molecule has 1 saturated heterocycles. The first-order valence-electron chi connectivity index (χ1n) is 8.41. The Balaban J connectivity index is 1.88. The summed E-state index contributed by atoms with van der Waals surface area (Å²) in [6.07, 6.45) is 1.01. The third-order valence-electron chi connectivity index (χ3n) is 4.37. The summed E-state index contributed by atoms with van der Waals surface area (Å²) in [5.74, 6) is -0.436. The second-order valence-electron chi connectivity index (χ2n) is 7.65. The van der Waals surface area contributed by atoms with Crippen LogP contribution in [0, 0.1) is 0 Å². The van der Waals surface area contributed by atoms with Crippen molar-refractivity contribution in [1.82, 2.24) is 9.88 Å². The lowest BCUT2D eigenvalue weighted by atomic mass is 9.92. The van der Waals surface area contributed by atoms with Gasteiger partial charge in [-0.05, 0) is 33.8 Å². The average molecular weight is 348 g/mol. The highest BCUT2D eigenvalue weighted by Crippen LogP contribution is 2.50. The van der Waals surface area contributed by atoms with Crippen LogP contribution in [0.1, 0.15) is 58.6 Å². The minimum atomic E-state index is -0.848. The van der Waals surface area contributed by atoms with E-state index in [0.29, 0.717) is 18.7 Å². The maximum Gasteiger partial charge on any atom is 0.410 e. The zero-order valence-corrected chi connectivity index (χ0v) is 15.2. The van der Waals surface area contributed by atoms with E-state index in [4.69, 9.17) is 14.2 Å². The van der Waals surface area contributed by atoms with Crippen LogP contribution in [0.2, 0.25) is 0 Å². The van der Waals surface area contributed by atoms with Crippen LogP contribution in [0.15, 0.2) is 18.3 Å². The van der Waals surface area contributed by atoms with Gasteiger partial charge in [-0.2, -0.15) is 0 Å². The van der Waals surface area contributed by atoms with Crippen molar-refractivity contribution in [1.29, 1.82) is 0 Å². The fourth-order valence-corrected chi connectivity index (χ4v) is 3.47. The molecule has 0 N–H and O–H groups in total. The molecule has 3 rings (SSSR count). The molecule has 0 aromatic carbocycles. The van der Waals surface area contributed by atoms with E-state index in [2.05, 4.69) is 4.98 Å². The van der Waals surface area contributed by atoms with E-state index < -0.39 is 23.5 Å². The molecular formula is C18H24N2O5. The summed E-state index contributed by atoms with van der Waals surface area (Å²) in [7, 11) is 0. The molecule has 25 heavy (non-hydrogen) atoms. The van der Waals surface area contributed by atoms with Crippen molar-refractivity contribution in [3.05, 3.63) is 29.6 Å². The molecule has 2 aliphatic rings. The van der Waals surface area contributed by atoms with E-state index in [1.807, 2.05) is 39.8 Å². The van der Waals surface area contributed by atoms with Gasteiger partial charge in [-0.3, -0.25) is 9.78 Å². The second-order valence-corrected chi connectivity index (χ2v) is 7.65. The van der Waals surface area contributed by atoms with Gasteiger partial charge in [-0.1, -0.05) is 6.07 Å². The van der Waals surface area contributed by atoms with Crippen LogP contribution in [0.3, 0.4) is 0 Å². The average Bonchev–Trinajstić information content (AvgIpc) is 2.96. The number of rotatable bonds is 1. The smallest absolute Gasteiger partial charge is 0.410 e. The van der Waals surface area contributed by atoms with Crippen LogP contribution >= 0.6 is 0 Å². The van der Waals surface area contributed by atoms with E-state index >= 15 is 0 Å². The topological polar surface area (TPSA) is 78.0 Å². The maximum absolute atomic E-state index is 12.5. The van der Waals surface area contributed by atoms with Crippen LogP contribution in [-0.2, 0) is 24.6 Å². The fourth-order valence-electron chi connectivity index (χ4n) is 3.47. The number of nitrogens with zero attached hydrogens (tertiary/aromatic N) is 2. The second kappa shape index (κ2) is 5.98. The number of amides is 1. The molecule has 1 aromatic heterocycles. The van der Waals surface area contributed by atoms with Gasteiger partial charge in [0.05, 0.1) is 6.54 Å². The van der Waals surface area contributed by atoms with Gasteiger partial charge in [0.25, 0.3) is 0 Å². The Morgan fingerprint density at radius 2 is 2.12 bits per heavy atom. The standard InChI is InChI=1S/C18H24N2O5/c1-11-9-18(10-20(11)16(22)25-17(3,4)5)13-7-6-8-19-14(13)15(24-18)23-12(2)21/h6-8,11,15H,9-10H2,1-5H3/t11-,15?,18?/m0/s1. The molecular weight excluding hydrogens is 324 g/mol. The largest absolute Gasteiger partial charge is 0.444 e. The van der Waals surface area contributed by atoms with Gasteiger partial charge < -0.3 is 19.1 Å². The van der Waals surface area contributed by atoms with Crippen molar-refractivity contribution < 1.29 is 23.8 Å². The van der Waals surface area contributed by atoms with E-state index in [9.17, 15) is 9.59 Å². The zero-order chi connectivity index (χ0) is 18.4. The highest BCUT2D eigenvalue weighted by Gasteiger charge is 2.55. The van der Waals surface area contributed by atoms with Crippen LogP contribution < -0.4 is 0 Å². The molecule has 1 aromatic rings. The Labute approximate surface area is 147 Å². The van der Waals surface area contributed by atoms with E-state index in [1.54, 1.807) is 11.1 Å². The van der Waals surface area contributed by atoms with Gasteiger partial charge in [-0.25, -0.2) is 4.79 Å². The lowest BCUT2D eigenvalue weighted by molar-refractivity contribution is -0.202. The van der Waals surface area contributed by atoms with Crippen molar-refractivity contribution in [3.63, 3.8) is 0 Å². The number of pyridine rings is 1. The lowest BCUT2D eigenvalue weighted by Crippen LogP contribution is -2.40. The Kier molecular flexibility index (Phi) is 4.23. The van der Waals surface area contributed by atoms with Crippen molar-refractivity contribution in [2.45, 2.75) is 64.6 Å². The van der Waals surface area contributed by atoms with Gasteiger partial charge in [-0.15, -0.1) is 0 Å². The van der Waals surface area contributed by atoms with Gasteiger partial charge in [0.2, 0.25) is 6.29 Å². The predicted molar refractivity (Wildman–Crippen MR) is 88.5 cm³/mol. The van der Waals surface area contributed by atoms with Gasteiger partial charge in [0.15, 0.2) is 0 Å². The molecule has 0 saturated carbocycles. The fraction of sp³-hybridized carbons (Fsp3) is 0.611. The van der Waals surface area contributed by atoms with E-state index in [0.717, 1.165) is 5.56 Å². The summed E-state index contributed by atoms with van der Waals surface area (Å²) in [6.45, 7) is 9.13. The SMILES string of the molecule is CC(=O)OC1OC2(C[C@H](C)N(C(=O)OC(C)(C)C)C2)c2cccnc21. The highest BCUT2D eigenvalue weighted by molar-refractivity contribution is 5.69. The number of fused-ring (bicyclic) bond motifs is 2. The molecule has 2 unspecified atom stereocenters. The van der Waals surface area contributed by atoms with E-state index in [1.165, 1.54) is 6.92 Å². The normalized spacial score (nSPS) is 28.1. The molecule has 0 aliphatic carbocycles. The number of aromatic nitrogens is 1. The van der Waals surface area contributed by atoms with Crippen LogP contribution in [0.25, 0.3) is 0 Å². The number of esters is 1. The van der Waals surface area contributed by atoms with Crippen LogP contribution in [0.5, 0.6) is 0 Å². The molecule has 1 amide bonds. The lowest BCUT2D eigenvalue weighted by Gasteiger charge is -2.28. The summed E-state index contributed by atoms with van der Waals surface area (Å²) in [5.41, 5.74) is 0.151. The first-order chi connectivity index (χ1) is 11.6. The number of ether oxygens (including phenoxy) is 3. The zero-order valence-electron chi connectivity index (χ0n) is 15.2. The minimum absolute atomic E-state index is 0.0704. The minimum Gasteiger partial charge on any atom is -0.444 e. The molecule has 0 bridgehead atoms. The molecule has 136 valence electrons. The first kappa shape index (κ1) is 17.7. The van der Waals surface area contributed by atoms with Crippen molar-refractivity contribution in [2.75, 3.05) is 6.54 Å². The number of carbonyl (C=O) groups is 2. The van der Waals surface area contributed by atoms with Gasteiger partial charge in [0, 0.05) is 31.1 Å². The Hall–Kier alpha value is -2.15. The summed E-state index contributed by atoms with van der Waals surface area (Å²) in [5, 5.41) is 0. The Morgan fingerprint density at radius 1 is 1.40 bits per heavy atom. The third-order valence-corrected chi connectivity index (χ3v) is 4.37. The number of hydrogen-bond acceptors (Lipinski definition) is 6. The Morgan fingerprint density at radius 3 is 2.76 bits per heavy atom. The van der Waals surface area contributed by atoms with Gasteiger partial charge in [0.1, 0.15) is 16.9 Å². The first-order valence-corrected chi connectivity index (χ1v) is 8.41. The summed E-state index contributed by atoms with van der Waals surface area (Å²) in [6, 6.07) is 3.66. The third kappa shape index (κ3) is 3.33. The van der Waals surface area contributed by atoms with Crippen molar-refractivity contribution >= 4 is 12.1 Å². The summed E-state index contributed by atoms with van der Waals surface area (Å²) < 4.78 is 16.9. The molecule has 3 atom stereocenters. The molecule has 1 spiro atoms. The van der Waals surface area contributed by atoms with Crippen molar-refractivity contribution in [2.24, 2.45) is 0 Å². The molecule has 1 fully saturated rings. The number of likely N-dealkylation sites (tertiary alicyclic amines) is 1. The van der Waals surface area contributed by atoms with Gasteiger partial charge >= 0.3 is 12.1 Å². The molecule has 3 heterocycles. The molecule has 2 aliphatic heterocycles. The molecule has 7 nitrogen and oxygen atoms in total. The quantitative estimate of drug-likeness (QED) is 0.726. The number of carbonyl (C=O) groups excluding carboxylic acids is 2. The summed E-state index contributed by atoms with van der Waals surface area (Å²) >= 11 is 0. The molecule has 7 heteroatoms. The maximum atomic E-state index is 12.5. The predicted octanol–water partition coefficient (Wildman–Crippen LogP) is 2.90. The van der Waals surface area contributed by atoms with Crippen LogP contribution in [-0.4, -0.2) is 40.1 Å². The van der Waals surface area contributed by atoms with Crippen molar-refractivity contribution in [3.8, 4) is 0 Å². The van der Waals surface area contributed by atoms with E-state index in [-0.39, 0.29) is 12.1 Å². The Bertz CT molecular complexity index is 699. The van der Waals surface area contributed by atoms with Crippen LogP contribution in [0.4, 0.5) is 4.79 Å².